The molecule has 6 nitrogen and oxygen atoms in total. The van der Waals surface area contributed by atoms with Crippen LogP contribution in [0.2, 0.25) is 0 Å². The zero-order valence-corrected chi connectivity index (χ0v) is 11.5. The van der Waals surface area contributed by atoms with Crippen molar-refractivity contribution in [3.05, 3.63) is 11.2 Å². The molecule has 96 valence electrons. The highest BCUT2D eigenvalue weighted by Gasteiger charge is 2.22. The second kappa shape index (κ2) is 4.49. The average Bonchev–Trinajstić information content (AvgIpc) is 2.81. The number of aromatic nitrogens is 3. The number of carbonyl (C=O) groups excluding carboxylic acids is 1. The van der Waals surface area contributed by atoms with Crippen LogP contribution in [-0.4, -0.2) is 21.0 Å². The monoisotopic (exact) mass is 266 g/mol. The van der Waals surface area contributed by atoms with E-state index < -0.39 is 0 Å². The van der Waals surface area contributed by atoms with E-state index in [1.807, 2.05) is 20.8 Å². The van der Waals surface area contributed by atoms with Crippen LogP contribution in [0.25, 0.3) is 11.6 Å². The number of amides is 1. The van der Waals surface area contributed by atoms with Crippen LogP contribution in [0.15, 0.2) is 9.90 Å². The van der Waals surface area contributed by atoms with Crippen LogP contribution in [0, 0.1) is 0 Å². The Balaban J connectivity index is 2.24. The molecule has 0 aliphatic rings. The quantitative estimate of drug-likeness (QED) is 0.903. The van der Waals surface area contributed by atoms with E-state index in [1.165, 1.54) is 18.3 Å². The summed E-state index contributed by atoms with van der Waals surface area (Å²) < 4.78 is 5.17. The fourth-order valence-corrected chi connectivity index (χ4v) is 1.94. The number of nitrogens with one attached hydrogen (secondary N) is 1. The average molecular weight is 266 g/mol. The minimum atomic E-state index is -0.168. The maximum atomic E-state index is 10.9. The number of thiazole rings is 1. The van der Waals surface area contributed by atoms with Gasteiger partial charge in [-0.05, 0) is 0 Å². The minimum Gasteiger partial charge on any atom is -0.332 e. The zero-order chi connectivity index (χ0) is 13.3. The Kier molecular flexibility index (Phi) is 3.16. The lowest BCUT2D eigenvalue weighted by atomic mass is 9.96. The topological polar surface area (TPSA) is 80.9 Å². The van der Waals surface area contributed by atoms with Crippen molar-refractivity contribution >= 4 is 22.4 Å². The molecule has 18 heavy (non-hydrogen) atoms. The number of anilines is 1. The summed E-state index contributed by atoms with van der Waals surface area (Å²) in [5.41, 5.74) is 0.407. The largest absolute Gasteiger partial charge is 0.332 e. The van der Waals surface area contributed by atoms with Gasteiger partial charge < -0.3 is 9.84 Å². The smallest absolute Gasteiger partial charge is 0.277 e. The molecule has 0 aliphatic carbocycles. The van der Waals surface area contributed by atoms with Crippen LogP contribution in [0.4, 0.5) is 5.13 Å². The summed E-state index contributed by atoms with van der Waals surface area (Å²) in [7, 11) is 0. The van der Waals surface area contributed by atoms with Gasteiger partial charge in [0.1, 0.15) is 5.69 Å². The first-order valence-corrected chi connectivity index (χ1v) is 6.32. The summed E-state index contributed by atoms with van der Waals surface area (Å²) in [6, 6.07) is 0. The third kappa shape index (κ3) is 2.73. The first-order valence-electron chi connectivity index (χ1n) is 5.44. The second-order valence-electron chi connectivity index (χ2n) is 4.89. The number of hydrogen-bond acceptors (Lipinski definition) is 6. The number of nitrogens with zero attached hydrogens (tertiary/aromatic N) is 3. The molecule has 2 heterocycles. The molecule has 0 radical (unpaired) electrons. The van der Waals surface area contributed by atoms with Gasteiger partial charge in [-0.25, -0.2) is 4.98 Å². The van der Waals surface area contributed by atoms with E-state index >= 15 is 0 Å². The predicted octanol–water partition coefficient (Wildman–Crippen LogP) is 2.45. The van der Waals surface area contributed by atoms with Crippen LogP contribution < -0.4 is 5.32 Å². The molecule has 0 aromatic carbocycles. The first kappa shape index (κ1) is 12.7. The summed E-state index contributed by atoms with van der Waals surface area (Å²) in [4.78, 5) is 19.4. The standard InChI is InChI=1S/C11H14N4O2S/c1-6(16)12-10-13-7(5-18-10)8-14-9(15-17-8)11(2,3)4/h5H,1-4H3,(H,12,13,16). The summed E-state index contributed by atoms with van der Waals surface area (Å²) in [6.45, 7) is 7.45. The molecule has 0 saturated heterocycles. The molecule has 0 saturated carbocycles. The van der Waals surface area contributed by atoms with Crippen molar-refractivity contribution in [3.8, 4) is 11.6 Å². The maximum absolute atomic E-state index is 10.9. The Morgan fingerprint density at radius 2 is 2.11 bits per heavy atom. The van der Waals surface area contributed by atoms with Crippen molar-refractivity contribution in [1.82, 2.24) is 15.1 Å². The lowest BCUT2D eigenvalue weighted by Crippen LogP contribution is -2.13. The van der Waals surface area contributed by atoms with Crippen molar-refractivity contribution in [2.24, 2.45) is 0 Å². The van der Waals surface area contributed by atoms with E-state index in [4.69, 9.17) is 4.52 Å². The highest BCUT2D eigenvalue weighted by atomic mass is 32.1. The Morgan fingerprint density at radius 1 is 1.39 bits per heavy atom. The van der Waals surface area contributed by atoms with E-state index in [-0.39, 0.29) is 11.3 Å². The molecule has 0 fully saturated rings. The van der Waals surface area contributed by atoms with Crippen molar-refractivity contribution in [2.45, 2.75) is 33.1 Å². The molecule has 0 spiro atoms. The summed E-state index contributed by atoms with van der Waals surface area (Å²) >= 11 is 1.32. The van der Waals surface area contributed by atoms with Gasteiger partial charge in [-0.15, -0.1) is 11.3 Å². The molecule has 2 aromatic heterocycles. The van der Waals surface area contributed by atoms with Crippen LogP contribution in [0.3, 0.4) is 0 Å². The molecule has 7 heteroatoms. The third-order valence-corrected chi connectivity index (χ3v) is 2.86. The molecule has 0 atom stereocenters. The zero-order valence-electron chi connectivity index (χ0n) is 10.6. The molecule has 2 rings (SSSR count). The Bertz CT molecular complexity index is 568. The molecule has 1 amide bonds. The van der Waals surface area contributed by atoms with Crippen molar-refractivity contribution in [2.75, 3.05) is 5.32 Å². The molecule has 0 bridgehead atoms. The normalized spacial score (nSPS) is 11.6. The Hall–Kier alpha value is -1.76. The predicted molar refractivity (Wildman–Crippen MR) is 68.4 cm³/mol. The second-order valence-corrected chi connectivity index (χ2v) is 5.75. The van der Waals surface area contributed by atoms with Crippen LogP contribution in [0.1, 0.15) is 33.5 Å². The maximum Gasteiger partial charge on any atom is 0.277 e. The Labute approximate surface area is 108 Å². The number of hydrogen-bond donors (Lipinski definition) is 1. The van der Waals surface area contributed by atoms with Gasteiger partial charge in [0.25, 0.3) is 5.89 Å². The number of rotatable bonds is 2. The van der Waals surface area contributed by atoms with Gasteiger partial charge in [0.2, 0.25) is 5.91 Å². The summed E-state index contributed by atoms with van der Waals surface area (Å²) in [5.74, 6) is 0.844. The van der Waals surface area contributed by atoms with Gasteiger partial charge >= 0.3 is 0 Å². The van der Waals surface area contributed by atoms with E-state index in [0.717, 1.165) is 0 Å². The van der Waals surface area contributed by atoms with Crippen molar-refractivity contribution < 1.29 is 9.32 Å². The lowest BCUT2D eigenvalue weighted by molar-refractivity contribution is -0.114. The van der Waals surface area contributed by atoms with Crippen LogP contribution in [-0.2, 0) is 10.2 Å². The molecular formula is C11H14N4O2S. The van der Waals surface area contributed by atoms with Gasteiger partial charge in [0.05, 0.1) is 0 Å². The van der Waals surface area contributed by atoms with Crippen LogP contribution >= 0.6 is 11.3 Å². The molecule has 0 aliphatic heterocycles. The first-order chi connectivity index (χ1) is 8.36. The summed E-state index contributed by atoms with van der Waals surface area (Å²) in [5, 5.41) is 8.83. The van der Waals surface area contributed by atoms with E-state index in [0.29, 0.717) is 22.5 Å². The van der Waals surface area contributed by atoms with Gasteiger partial charge in [-0.2, -0.15) is 4.98 Å². The third-order valence-electron chi connectivity index (χ3n) is 2.10. The SMILES string of the molecule is CC(=O)Nc1nc(-c2nc(C(C)(C)C)no2)cs1. The van der Waals surface area contributed by atoms with Crippen molar-refractivity contribution in [1.29, 1.82) is 0 Å². The Morgan fingerprint density at radius 3 is 2.67 bits per heavy atom. The molecular weight excluding hydrogens is 252 g/mol. The highest BCUT2D eigenvalue weighted by Crippen LogP contribution is 2.26. The molecule has 0 unspecified atom stereocenters. The minimum absolute atomic E-state index is 0.156. The number of carbonyl (C=O) groups is 1. The fraction of sp³-hybridized carbons (Fsp3) is 0.455. The highest BCUT2D eigenvalue weighted by molar-refractivity contribution is 7.14. The van der Waals surface area contributed by atoms with E-state index in [2.05, 4.69) is 20.4 Å². The fourth-order valence-electron chi connectivity index (χ4n) is 1.21. The van der Waals surface area contributed by atoms with Gasteiger partial charge in [-0.3, -0.25) is 4.79 Å². The van der Waals surface area contributed by atoms with Crippen LogP contribution in [0.5, 0.6) is 0 Å². The van der Waals surface area contributed by atoms with Gasteiger partial charge in [-0.1, -0.05) is 25.9 Å². The van der Waals surface area contributed by atoms with E-state index in [1.54, 1.807) is 5.38 Å². The van der Waals surface area contributed by atoms with Crippen molar-refractivity contribution in [3.63, 3.8) is 0 Å². The molecule has 1 N–H and O–H groups in total. The van der Waals surface area contributed by atoms with E-state index in [9.17, 15) is 4.79 Å². The van der Waals surface area contributed by atoms with Gasteiger partial charge in [0.15, 0.2) is 11.0 Å². The summed E-state index contributed by atoms with van der Waals surface area (Å²) in [6.07, 6.45) is 0. The molecule has 2 aromatic rings. The lowest BCUT2D eigenvalue weighted by Gasteiger charge is -2.10. The van der Waals surface area contributed by atoms with Gasteiger partial charge in [0, 0.05) is 17.7 Å².